The lowest BCUT2D eigenvalue weighted by atomic mass is 10.1. The van der Waals surface area contributed by atoms with Crippen molar-refractivity contribution in [2.24, 2.45) is 0 Å². The Balaban J connectivity index is 1.18. The second-order valence-electron chi connectivity index (χ2n) is 8.50. The number of rotatable bonds is 7. The zero-order chi connectivity index (χ0) is 24.6. The molecule has 180 valence electrons. The molecular formula is C27H23N5O4. The molecule has 9 heteroatoms. The summed E-state index contributed by atoms with van der Waals surface area (Å²) in [5.41, 5.74) is 3.84. The van der Waals surface area contributed by atoms with Gasteiger partial charge in [0.1, 0.15) is 17.0 Å². The molecule has 6 rings (SSSR count). The molecule has 0 atom stereocenters. The van der Waals surface area contributed by atoms with Crippen molar-refractivity contribution >= 4 is 33.5 Å². The molecule has 0 radical (unpaired) electrons. The number of nitrogens with zero attached hydrogens (tertiary/aromatic N) is 3. The third-order valence-electron chi connectivity index (χ3n) is 6.35. The molecule has 0 aliphatic rings. The number of carbonyl (C=O) groups excluding carboxylic acids is 1. The molecule has 1 amide bonds. The van der Waals surface area contributed by atoms with Crippen molar-refractivity contribution in [2.75, 3.05) is 13.7 Å². The van der Waals surface area contributed by atoms with Gasteiger partial charge in [-0.25, -0.2) is 4.98 Å². The predicted molar refractivity (Wildman–Crippen MR) is 136 cm³/mol. The molecule has 9 nitrogen and oxygen atoms in total. The van der Waals surface area contributed by atoms with Gasteiger partial charge in [0.25, 0.3) is 11.5 Å². The van der Waals surface area contributed by atoms with Gasteiger partial charge in [-0.2, -0.15) is 0 Å². The fourth-order valence-electron chi connectivity index (χ4n) is 4.56. The molecule has 0 unspecified atom stereocenters. The highest BCUT2D eigenvalue weighted by Gasteiger charge is 2.16. The van der Waals surface area contributed by atoms with Crippen molar-refractivity contribution < 1.29 is 13.9 Å². The van der Waals surface area contributed by atoms with Crippen LogP contribution >= 0.6 is 0 Å². The summed E-state index contributed by atoms with van der Waals surface area (Å²) in [7, 11) is 1.64. The van der Waals surface area contributed by atoms with E-state index in [9.17, 15) is 9.59 Å². The van der Waals surface area contributed by atoms with Crippen LogP contribution < -0.4 is 15.6 Å². The molecule has 0 fully saturated rings. The second kappa shape index (κ2) is 8.77. The number of pyridine rings is 1. The Morgan fingerprint density at radius 3 is 2.92 bits per heavy atom. The number of nitrogens with one attached hydrogen (secondary N) is 2. The van der Waals surface area contributed by atoms with Gasteiger partial charge in [-0.05, 0) is 66.6 Å². The third kappa shape index (κ3) is 3.70. The number of hydrogen-bond donors (Lipinski definition) is 2. The van der Waals surface area contributed by atoms with Crippen LogP contribution in [0.4, 0.5) is 0 Å². The summed E-state index contributed by atoms with van der Waals surface area (Å²) in [4.78, 5) is 33.5. The summed E-state index contributed by atoms with van der Waals surface area (Å²) in [5, 5.41) is 3.97. The molecule has 5 aromatic heterocycles. The molecular weight excluding hydrogens is 458 g/mol. The molecule has 36 heavy (non-hydrogen) atoms. The van der Waals surface area contributed by atoms with E-state index in [1.54, 1.807) is 36.1 Å². The molecule has 6 aromatic rings. The Hall–Kier alpha value is -4.79. The molecule has 0 saturated carbocycles. The van der Waals surface area contributed by atoms with Crippen LogP contribution in [0.15, 0.2) is 82.4 Å². The molecule has 5 heterocycles. The van der Waals surface area contributed by atoms with E-state index < -0.39 is 0 Å². The van der Waals surface area contributed by atoms with Crippen molar-refractivity contribution in [1.82, 2.24) is 24.3 Å². The number of amides is 1. The standard InChI is InChI=1S/C27H23N5O4/c1-35-18-6-8-21-20(14-18)17(15-30-21)10-12-29-26(33)24-9-7-19(36-24)16-32-25-22(4-2-11-28-25)31-13-3-5-23(31)27(32)34/h2-9,11,13-15,30H,10,12,16H2,1H3,(H,29,33). The van der Waals surface area contributed by atoms with Gasteiger partial charge < -0.3 is 23.9 Å². The summed E-state index contributed by atoms with van der Waals surface area (Å²) in [5.74, 6) is 1.17. The molecule has 0 bridgehead atoms. The minimum Gasteiger partial charge on any atom is -0.497 e. The van der Waals surface area contributed by atoms with Crippen LogP contribution in [0.1, 0.15) is 21.9 Å². The Kier molecular flexibility index (Phi) is 5.29. The predicted octanol–water partition coefficient (Wildman–Crippen LogP) is 3.75. The van der Waals surface area contributed by atoms with Gasteiger partial charge in [0.2, 0.25) is 0 Å². The van der Waals surface area contributed by atoms with Crippen LogP contribution in [-0.4, -0.2) is 38.5 Å². The van der Waals surface area contributed by atoms with E-state index in [-0.39, 0.29) is 23.8 Å². The van der Waals surface area contributed by atoms with Crippen molar-refractivity contribution in [1.29, 1.82) is 0 Å². The van der Waals surface area contributed by atoms with Gasteiger partial charge in [-0.1, -0.05) is 0 Å². The molecule has 0 spiro atoms. The average molecular weight is 482 g/mol. The molecule has 0 saturated heterocycles. The van der Waals surface area contributed by atoms with Crippen LogP contribution in [-0.2, 0) is 13.0 Å². The zero-order valence-corrected chi connectivity index (χ0v) is 19.5. The number of furan rings is 1. The summed E-state index contributed by atoms with van der Waals surface area (Å²) in [6, 6.07) is 16.5. The van der Waals surface area contributed by atoms with Gasteiger partial charge in [0.15, 0.2) is 11.4 Å². The highest BCUT2D eigenvalue weighted by molar-refractivity contribution is 5.91. The summed E-state index contributed by atoms with van der Waals surface area (Å²) >= 11 is 0. The van der Waals surface area contributed by atoms with Gasteiger partial charge >= 0.3 is 0 Å². The quantitative estimate of drug-likeness (QED) is 0.361. The number of methoxy groups -OCH3 is 1. The smallest absolute Gasteiger partial charge is 0.287 e. The van der Waals surface area contributed by atoms with E-state index in [1.807, 2.05) is 53.2 Å². The second-order valence-corrected chi connectivity index (χ2v) is 8.50. The van der Waals surface area contributed by atoms with Crippen molar-refractivity contribution in [2.45, 2.75) is 13.0 Å². The average Bonchev–Trinajstić information content (AvgIpc) is 3.66. The number of H-pyrrole nitrogens is 1. The highest BCUT2D eigenvalue weighted by Crippen LogP contribution is 2.24. The van der Waals surface area contributed by atoms with E-state index in [0.29, 0.717) is 29.9 Å². The Morgan fingerprint density at radius 2 is 2.03 bits per heavy atom. The maximum Gasteiger partial charge on any atom is 0.287 e. The number of hydrogen-bond acceptors (Lipinski definition) is 5. The highest BCUT2D eigenvalue weighted by atomic mass is 16.5. The number of ether oxygens (including phenoxy) is 1. The molecule has 0 aliphatic carbocycles. The minimum absolute atomic E-state index is 0.165. The van der Waals surface area contributed by atoms with E-state index in [4.69, 9.17) is 9.15 Å². The van der Waals surface area contributed by atoms with Crippen LogP contribution in [0.2, 0.25) is 0 Å². The first kappa shape index (κ1) is 21.7. The Bertz CT molecular complexity index is 1790. The Morgan fingerprint density at radius 1 is 1.14 bits per heavy atom. The summed E-state index contributed by atoms with van der Waals surface area (Å²) in [6.45, 7) is 0.608. The van der Waals surface area contributed by atoms with Crippen LogP contribution in [0.3, 0.4) is 0 Å². The lowest BCUT2D eigenvalue weighted by Crippen LogP contribution is -2.25. The third-order valence-corrected chi connectivity index (χ3v) is 6.35. The van der Waals surface area contributed by atoms with Gasteiger partial charge in [-0.15, -0.1) is 0 Å². The first-order valence-electron chi connectivity index (χ1n) is 11.6. The number of aromatic amines is 1. The lowest BCUT2D eigenvalue weighted by Gasteiger charge is -2.10. The fraction of sp³-hybridized carbons (Fsp3) is 0.148. The topological polar surface area (TPSA) is 107 Å². The number of carbonyl (C=O) groups is 1. The first-order valence-corrected chi connectivity index (χ1v) is 11.6. The SMILES string of the molecule is COc1ccc2[nH]cc(CCNC(=O)c3ccc(Cn4c(=O)c5cccn5c5cccnc54)o3)c2c1. The van der Waals surface area contributed by atoms with Crippen LogP contribution in [0, 0.1) is 0 Å². The van der Waals surface area contributed by atoms with Crippen molar-refractivity contribution in [3.63, 3.8) is 0 Å². The van der Waals surface area contributed by atoms with Gasteiger partial charge in [0, 0.05) is 36.0 Å². The maximum atomic E-state index is 13.1. The molecule has 1 aromatic carbocycles. The van der Waals surface area contributed by atoms with Crippen molar-refractivity contribution in [3.05, 3.63) is 101 Å². The fourth-order valence-corrected chi connectivity index (χ4v) is 4.56. The van der Waals surface area contributed by atoms with E-state index in [1.165, 1.54) is 0 Å². The number of benzene rings is 1. The first-order chi connectivity index (χ1) is 17.6. The minimum atomic E-state index is -0.309. The van der Waals surface area contributed by atoms with Gasteiger partial charge in [-0.3, -0.25) is 14.2 Å². The lowest BCUT2D eigenvalue weighted by molar-refractivity contribution is 0.0924. The maximum absolute atomic E-state index is 13.1. The largest absolute Gasteiger partial charge is 0.497 e. The van der Waals surface area contributed by atoms with Gasteiger partial charge in [0.05, 0.1) is 19.2 Å². The molecule has 2 N–H and O–H groups in total. The monoisotopic (exact) mass is 481 g/mol. The normalized spacial score (nSPS) is 11.5. The Labute approximate surface area is 204 Å². The van der Waals surface area contributed by atoms with Crippen LogP contribution in [0.5, 0.6) is 5.75 Å². The molecule has 0 aliphatic heterocycles. The zero-order valence-electron chi connectivity index (χ0n) is 19.5. The van der Waals surface area contributed by atoms with Crippen molar-refractivity contribution in [3.8, 4) is 5.75 Å². The van der Waals surface area contributed by atoms with E-state index >= 15 is 0 Å². The number of aromatic nitrogens is 4. The van der Waals surface area contributed by atoms with Crippen LogP contribution in [0.25, 0.3) is 27.6 Å². The summed E-state index contributed by atoms with van der Waals surface area (Å²) < 4.78 is 14.5. The summed E-state index contributed by atoms with van der Waals surface area (Å²) in [6.07, 6.45) is 6.08. The van der Waals surface area contributed by atoms with E-state index in [0.717, 1.165) is 27.7 Å². The van der Waals surface area contributed by atoms with E-state index in [2.05, 4.69) is 15.3 Å². The number of fused-ring (bicyclic) bond motifs is 4.